The second-order valence-corrected chi connectivity index (χ2v) is 7.43. The largest absolute Gasteiger partial charge is 0.504 e. The van der Waals surface area contributed by atoms with Crippen molar-refractivity contribution in [2.24, 2.45) is 5.10 Å². The molecule has 0 amide bonds. The number of hydrogen-bond donors (Lipinski definition) is 1. The molecule has 0 aliphatic heterocycles. The molecule has 0 bridgehead atoms. The number of aryl methyl sites for hydroxylation is 3. The summed E-state index contributed by atoms with van der Waals surface area (Å²) in [6.45, 7) is 1.79. The van der Waals surface area contributed by atoms with Gasteiger partial charge in [-0.3, -0.25) is 4.79 Å². The quantitative estimate of drug-likeness (QED) is 0.719. The van der Waals surface area contributed by atoms with Gasteiger partial charge >= 0.3 is 0 Å². The van der Waals surface area contributed by atoms with E-state index in [1.807, 2.05) is 0 Å². The number of phenols is 1. The summed E-state index contributed by atoms with van der Waals surface area (Å²) in [6.07, 6.45) is 5.83. The predicted octanol–water partition coefficient (Wildman–Crippen LogP) is 3.24. The van der Waals surface area contributed by atoms with Crippen LogP contribution in [0.4, 0.5) is 0 Å². The third kappa shape index (κ3) is 2.78. The molecule has 26 heavy (non-hydrogen) atoms. The van der Waals surface area contributed by atoms with Crippen molar-refractivity contribution >= 4 is 27.8 Å². The van der Waals surface area contributed by atoms with Crippen LogP contribution in [-0.2, 0) is 12.8 Å². The molecule has 4 rings (SSSR count). The van der Waals surface area contributed by atoms with E-state index in [2.05, 4.69) is 10.1 Å². The molecular formula is C19H19N3O3S. The molecule has 0 radical (unpaired) electrons. The molecule has 0 unspecified atom stereocenters. The lowest BCUT2D eigenvalue weighted by molar-refractivity contribution is 0.373. The number of ether oxygens (including phenoxy) is 1. The third-order valence-electron chi connectivity index (χ3n) is 4.65. The van der Waals surface area contributed by atoms with Gasteiger partial charge in [0.25, 0.3) is 5.56 Å². The molecule has 1 aromatic carbocycles. The molecule has 1 N–H and O–H groups in total. The molecular weight excluding hydrogens is 350 g/mol. The van der Waals surface area contributed by atoms with Gasteiger partial charge in [-0.25, -0.2) is 4.98 Å². The Bertz CT molecular complexity index is 1080. The summed E-state index contributed by atoms with van der Waals surface area (Å²) in [5.74, 6) is 0.979. The highest BCUT2D eigenvalue weighted by atomic mass is 32.1. The Morgan fingerprint density at radius 1 is 1.35 bits per heavy atom. The van der Waals surface area contributed by atoms with Crippen LogP contribution in [0.15, 0.2) is 28.1 Å². The monoisotopic (exact) mass is 369 g/mol. The Morgan fingerprint density at radius 3 is 2.96 bits per heavy atom. The SMILES string of the molecule is COc1cc(C=Nn2c(C)nc3sc4c(c3c2=O)CCCC4)ccc1O. The van der Waals surface area contributed by atoms with Crippen LogP contribution in [0.1, 0.15) is 34.7 Å². The second-order valence-electron chi connectivity index (χ2n) is 6.34. The van der Waals surface area contributed by atoms with Gasteiger partial charge in [-0.1, -0.05) is 0 Å². The summed E-state index contributed by atoms with van der Waals surface area (Å²) in [7, 11) is 1.49. The van der Waals surface area contributed by atoms with Crippen LogP contribution in [0.2, 0.25) is 0 Å². The first-order valence-corrected chi connectivity index (χ1v) is 9.35. The number of phenolic OH excluding ortho intramolecular Hbond substituents is 1. The Morgan fingerprint density at radius 2 is 2.15 bits per heavy atom. The summed E-state index contributed by atoms with van der Waals surface area (Å²) >= 11 is 1.64. The number of rotatable bonds is 3. The smallest absolute Gasteiger partial charge is 0.283 e. The molecule has 0 fully saturated rings. The van der Waals surface area contributed by atoms with Crippen LogP contribution in [0, 0.1) is 6.92 Å². The summed E-state index contributed by atoms with van der Waals surface area (Å²) in [5, 5.41) is 14.7. The van der Waals surface area contributed by atoms with Gasteiger partial charge in [0, 0.05) is 4.88 Å². The minimum Gasteiger partial charge on any atom is -0.504 e. The van der Waals surface area contributed by atoms with Crippen LogP contribution in [0.25, 0.3) is 10.2 Å². The fraction of sp³-hybridized carbons (Fsp3) is 0.316. The van der Waals surface area contributed by atoms with Gasteiger partial charge in [-0.2, -0.15) is 9.78 Å². The van der Waals surface area contributed by atoms with Crippen LogP contribution in [0.5, 0.6) is 11.5 Å². The van der Waals surface area contributed by atoms with E-state index in [0.717, 1.165) is 40.6 Å². The lowest BCUT2D eigenvalue weighted by atomic mass is 9.97. The van der Waals surface area contributed by atoms with Gasteiger partial charge in [0.2, 0.25) is 0 Å². The maximum atomic E-state index is 13.0. The maximum absolute atomic E-state index is 13.0. The first-order chi connectivity index (χ1) is 12.6. The van der Waals surface area contributed by atoms with Crippen molar-refractivity contribution in [1.29, 1.82) is 0 Å². The highest BCUT2D eigenvalue weighted by molar-refractivity contribution is 7.18. The standard InChI is InChI=1S/C19H19N3O3S/c1-11-21-18-17(13-5-3-4-6-16(13)26-18)19(24)22(11)20-10-12-7-8-14(23)15(9-12)25-2/h7-10,23H,3-6H2,1-2H3. The van der Waals surface area contributed by atoms with Gasteiger partial charge in [-0.15, -0.1) is 11.3 Å². The summed E-state index contributed by atoms with van der Waals surface area (Å²) in [6, 6.07) is 4.91. The molecule has 0 spiro atoms. The van der Waals surface area contributed by atoms with E-state index in [1.165, 1.54) is 29.2 Å². The highest BCUT2D eigenvalue weighted by Crippen LogP contribution is 2.33. The molecule has 0 saturated carbocycles. The molecule has 2 aromatic heterocycles. The number of hydrogen-bond acceptors (Lipinski definition) is 6. The van der Waals surface area contributed by atoms with E-state index in [0.29, 0.717) is 11.6 Å². The topological polar surface area (TPSA) is 76.7 Å². The zero-order valence-electron chi connectivity index (χ0n) is 14.7. The number of benzene rings is 1. The summed E-state index contributed by atoms with van der Waals surface area (Å²) in [4.78, 5) is 19.7. The van der Waals surface area contributed by atoms with Gasteiger partial charge < -0.3 is 9.84 Å². The Kier molecular flexibility index (Phi) is 4.24. The zero-order chi connectivity index (χ0) is 18.3. The van der Waals surface area contributed by atoms with Crippen LogP contribution < -0.4 is 10.3 Å². The van der Waals surface area contributed by atoms with Crippen LogP contribution in [-0.4, -0.2) is 28.1 Å². The van der Waals surface area contributed by atoms with Gasteiger partial charge in [-0.05, 0) is 61.9 Å². The number of aromatic nitrogens is 2. The summed E-state index contributed by atoms with van der Waals surface area (Å²) in [5.41, 5.74) is 1.76. The van der Waals surface area contributed by atoms with E-state index < -0.39 is 0 Å². The molecule has 2 heterocycles. The number of nitrogens with zero attached hydrogens (tertiary/aromatic N) is 3. The van der Waals surface area contributed by atoms with Crippen molar-refractivity contribution in [3.05, 3.63) is 50.4 Å². The van der Waals surface area contributed by atoms with E-state index in [9.17, 15) is 9.90 Å². The number of thiophene rings is 1. The average molecular weight is 369 g/mol. The fourth-order valence-corrected chi connectivity index (χ4v) is 4.63. The maximum Gasteiger partial charge on any atom is 0.283 e. The van der Waals surface area contributed by atoms with E-state index in [4.69, 9.17) is 4.74 Å². The zero-order valence-corrected chi connectivity index (χ0v) is 15.5. The molecule has 7 heteroatoms. The first-order valence-electron chi connectivity index (χ1n) is 8.53. The highest BCUT2D eigenvalue weighted by Gasteiger charge is 2.21. The van der Waals surface area contributed by atoms with Crippen molar-refractivity contribution in [2.45, 2.75) is 32.6 Å². The van der Waals surface area contributed by atoms with Gasteiger partial charge in [0.1, 0.15) is 10.7 Å². The van der Waals surface area contributed by atoms with Crippen molar-refractivity contribution in [1.82, 2.24) is 9.66 Å². The Balaban J connectivity index is 1.80. The fourth-order valence-electron chi connectivity index (χ4n) is 3.33. The van der Waals surface area contributed by atoms with Gasteiger partial charge in [0.15, 0.2) is 11.5 Å². The predicted molar refractivity (Wildman–Crippen MR) is 103 cm³/mol. The third-order valence-corrected chi connectivity index (χ3v) is 5.84. The average Bonchev–Trinajstić information content (AvgIpc) is 3.00. The van der Waals surface area contributed by atoms with E-state index in [1.54, 1.807) is 36.6 Å². The number of fused-ring (bicyclic) bond motifs is 3. The molecule has 3 aromatic rings. The molecule has 1 aliphatic carbocycles. The minimum absolute atomic E-state index is 0.0611. The van der Waals surface area contributed by atoms with Crippen LogP contribution in [0.3, 0.4) is 0 Å². The van der Waals surface area contributed by atoms with E-state index in [-0.39, 0.29) is 11.3 Å². The first kappa shape index (κ1) is 16.8. The Hall–Kier alpha value is -2.67. The molecule has 6 nitrogen and oxygen atoms in total. The lowest BCUT2D eigenvalue weighted by Crippen LogP contribution is -2.21. The molecule has 1 aliphatic rings. The van der Waals surface area contributed by atoms with E-state index >= 15 is 0 Å². The van der Waals surface area contributed by atoms with Crippen molar-refractivity contribution in [2.75, 3.05) is 7.11 Å². The van der Waals surface area contributed by atoms with Crippen LogP contribution >= 0.6 is 11.3 Å². The van der Waals surface area contributed by atoms with Crippen molar-refractivity contribution < 1.29 is 9.84 Å². The summed E-state index contributed by atoms with van der Waals surface area (Å²) < 4.78 is 6.45. The van der Waals surface area contributed by atoms with Crippen molar-refractivity contribution in [3.63, 3.8) is 0 Å². The molecule has 0 saturated heterocycles. The molecule has 134 valence electrons. The lowest BCUT2D eigenvalue weighted by Gasteiger charge is -2.10. The minimum atomic E-state index is -0.117. The normalized spacial score (nSPS) is 14.1. The van der Waals surface area contributed by atoms with Crippen molar-refractivity contribution in [3.8, 4) is 11.5 Å². The number of methoxy groups -OCH3 is 1. The van der Waals surface area contributed by atoms with Gasteiger partial charge in [0.05, 0.1) is 18.7 Å². The Labute approximate surface area is 154 Å². The molecule has 0 atom stereocenters. The number of aromatic hydroxyl groups is 1. The second kappa shape index (κ2) is 6.57.